The number of hydrogen-bond acceptors (Lipinski definition) is 8. The monoisotopic (exact) mass is 502 g/mol. The molecule has 0 radical (unpaired) electrons. The molecule has 1 aliphatic carbocycles. The van der Waals surface area contributed by atoms with Crippen LogP contribution in [0.3, 0.4) is 0 Å². The van der Waals surface area contributed by atoms with Crippen LogP contribution >= 0.6 is 0 Å². The molecule has 1 heterocycles. The van der Waals surface area contributed by atoms with Crippen molar-refractivity contribution in [2.45, 2.75) is 65.0 Å². The number of allylic oxidation sites excluding steroid dienone is 4. The minimum Gasteiger partial charge on any atom is -0.395 e. The molecule has 2 rings (SSSR count). The number of aliphatic hydroxyl groups excluding tert-OH is 2. The average molecular weight is 503 g/mol. The van der Waals surface area contributed by atoms with Gasteiger partial charge in [0.25, 0.3) is 5.91 Å². The van der Waals surface area contributed by atoms with Crippen LogP contribution in [0.25, 0.3) is 0 Å². The van der Waals surface area contributed by atoms with Gasteiger partial charge in [-0.2, -0.15) is 0 Å². The number of nitrogens with two attached hydrogens (primary N) is 1. The lowest BCUT2D eigenvalue weighted by atomic mass is 9.85. The van der Waals surface area contributed by atoms with Crippen LogP contribution in [0.2, 0.25) is 0 Å². The van der Waals surface area contributed by atoms with E-state index in [1.165, 1.54) is 20.3 Å². The topological polar surface area (TPSA) is 148 Å². The first-order valence-corrected chi connectivity index (χ1v) is 12.0. The van der Waals surface area contributed by atoms with Crippen LogP contribution in [0.15, 0.2) is 58.5 Å². The Labute approximate surface area is 212 Å². The molecule has 0 saturated heterocycles. The molecule has 0 fully saturated rings. The van der Waals surface area contributed by atoms with E-state index < -0.39 is 41.9 Å². The van der Waals surface area contributed by atoms with Crippen LogP contribution < -0.4 is 11.1 Å². The minimum atomic E-state index is -0.978. The van der Waals surface area contributed by atoms with Crippen LogP contribution in [0.1, 0.15) is 40.5 Å². The van der Waals surface area contributed by atoms with Gasteiger partial charge in [-0.25, -0.2) is 0 Å². The zero-order chi connectivity index (χ0) is 27.2. The quantitative estimate of drug-likeness (QED) is 0.329. The first-order valence-electron chi connectivity index (χ1n) is 12.0. The summed E-state index contributed by atoms with van der Waals surface area (Å²) in [5, 5.41) is 24.3. The molecule has 1 aliphatic heterocycles. The molecule has 0 spiro atoms. The van der Waals surface area contributed by atoms with E-state index in [0.29, 0.717) is 12.0 Å². The van der Waals surface area contributed by atoms with Crippen LogP contribution in [-0.4, -0.2) is 66.3 Å². The van der Waals surface area contributed by atoms with Crippen molar-refractivity contribution >= 4 is 17.5 Å². The number of methoxy groups -OCH3 is 2. The third-order valence-electron chi connectivity index (χ3n) is 6.62. The second-order valence-corrected chi connectivity index (χ2v) is 9.56. The summed E-state index contributed by atoms with van der Waals surface area (Å²) in [5.41, 5.74) is 6.69. The average Bonchev–Trinajstić information content (AvgIpc) is 2.84. The van der Waals surface area contributed by atoms with Crippen molar-refractivity contribution in [2.24, 2.45) is 17.6 Å². The predicted octanol–water partition coefficient (Wildman–Crippen LogP) is 1.62. The van der Waals surface area contributed by atoms with Gasteiger partial charge >= 0.3 is 0 Å². The number of ketones is 2. The molecular formula is C27H38N2O7. The highest BCUT2D eigenvalue weighted by molar-refractivity contribution is 6.23. The molecule has 2 aliphatic rings. The Hall–Kier alpha value is -2.85. The Morgan fingerprint density at radius 2 is 1.75 bits per heavy atom. The molecule has 2 bridgehead atoms. The normalized spacial score (nSPS) is 35.3. The summed E-state index contributed by atoms with van der Waals surface area (Å²) in [7, 11) is 2.95. The van der Waals surface area contributed by atoms with Gasteiger partial charge in [-0.3, -0.25) is 14.4 Å². The largest absolute Gasteiger partial charge is 0.395 e. The number of carbonyl (C=O) groups is 3. The van der Waals surface area contributed by atoms with Crippen molar-refractivity contribution in [3.8, 4) is 0 Å². The maximum Gasteiger partial charge on any atom is 0.251 e. The van der Waals surface area contributed by atoms with Gasteiger partial charge in [0.1, 0.15) is 12.2 Å². The standard InChI is InChI=1S/C27H38N2O7/c1-14-10-18-23(28)20(30)13-19(26(18)33)29-27(34)15(2)8-7-9-21(35-5)24(31)16(3)12-17(4)25(32)22(11-14)36-6/h7-9,12-14,17,21-22,24-25,31-32H,10-11,28H2,1-6H3,(H,29,34)/b9-7-,15-8+,16-12+/t14-,17+,21-,22-,24+,25-/m1/s1. The van der Waals surface area contributed by atoms with E-state index in [4.69, 9.17) is 15.2 Å². The fraction of sp³-hybridized carbons (Fsp3) is 0.519. The summed E-state index contributed by atoms with van der Waals surface area (Å²) >= 11 is 0. The molecule has 0 aromatic rings. The van der Waals surface area contributed by atoms with E-state index in [1.54, 1.807) is 32.1 Å². The Kier molecular flexibility index (Phi) is 10.5. The van der Waals surface area contributed by atoms with Gasteiger partial charge in [0.05, 0.1) is 23.6 Å². The number of fused-ring (bicyclic) bond motifs is 2. The first kappa shape index (κ1) is 29.4. The van der Waals surface area contributed by atoms with E-state index in [9.17, 15) is 24.6 Å². The summed E-state index contributed by atoms with van der Waals surface area (Å²) in [6.45, 7) is 7.00. The summed E-state index contributed by atoms with van der Waals surface area (Å²) in [6, 6.07) is 0. The number of Topliss-reactive ketones (excluding diaryl/α,β-unsaturated/α-hetero) is 1. The number of amides is 1. The van der Waals surface area contributed by atoms with Gasteiger partial charge in [-0.1, -0.05) is 38.2 Å². The van der Waals surface area contributed by atoms with Crippen molar-refractivity contribution in [3.05, 3.63) is 58.5 Å². The highest BCUT2D eigenvalue weighted by atomic mass is 16.5. The molecule has 9 heteroatoms. The first-order chi connectivity index (χ1) is 16.9. The van der Waals surface area contributed by atoms with Crippen LogP contribution in [0, 0.1) is 11.8 Å². The van der Waals surface area contributed by atoms with Crippen molar-refractivity contribution in [1.82, 2.24) is 5.32 Å². The number of rotatable bonds is 2. The number of ether oxygens (including phenoxy) is 2. The van der Waals surface area contributed by atoms with E-state index in [0.717, 1.165) is 6.08 Å². The van der Waals surface area contributed by atoms with Gasteiger partial charge in [0, 0.05) is 37.4 Å². The van der Waals surface area contributed by atoms with Crippen molar-refractivity contribution in [2.75, 3.05) is 14.2 Å². The maximum atomic E-state index is 13.1. The summed E-state index contributed by atoms with van der Waals surface area (Å²) in [5.74, 6) is -2.16. The highest BCUT2D eigenvalue weighted by Crippen LogP contribution is 2.27. The molecule has 0 saturated carbocycles. The zero-order valence-electron chi connectivity index (χ0n) is 21.8. The molecular weight excluding hydrogens is 464 g/mol. The lowest BCUT2D eigenvalue weighted by molar-refractivity contribution is -0.120. The molecule has 6 atom stereocenters. The molecule has 5 N–H and O–H groups in total. The van der Waals surface area contributed by atoms with Gasteiger partial charge < -0.3 is 30.7 Å². The highest BCUT2D eigenvalue weighted by Gasteiger charge is 2.32. The fourth-order valence-electron chi connectivity index (χ4n) is 4.34. The van der Waals surface area contributed by atoms with Crippen LogP contribution in [0.5, 0.6) is 0 Å². The molecule has 1 amide bonds. The van der Waals surface area contributed by atoms with E-state index in [-0.39, 0.29) is 40.8 Å². The number of hydrogen-bond donors (Lipinski definition) is 4. The van der Waals surface area contributed by atoms with Gasteiger partial charge in [0.2, 0.25) is 11.6 Å². The molecule has 0 unspecified atom stereocenters. The molecule has 36 heavy (non-hydrogen) atoms. The van der Waals surface area contributed by atoms with Crippen molar-refractivity contribution in [1.29, 1.82) is 0 Å². The van der Waals surface area contributed by atoms with Crippen molar-refractivity contribution < 1.29 is 34.1 Å². The molecule has 0 aromatic carbocycles. The SMILES string of the molecule is CO[C@@H]1/C=C\C=C(/C)C(=O)NC2=CC(=O)C(N)=C(C[C@@H](C)C[C@@H](OC)[C@H](O)[C@@H](C)/C=C(\C)[C@@H]1O)C2=O. The van der Waals surface area contributed by atoms with Crippen LogP contribution in [-0.2, 0) is 23.9 Å². The lowest BCUT2D eigenvalue weighted by Gasteiger charge is -2.29. The third-order valence-corrected chi connectivity index (χ3v) is 6.62. The predicted molar refractivity (Wildman–Crippen MR) is 135 cm³/mol. The smallest absolute Gasteiger partial charge is 0.251 e. The van der Waals surface area contributed by atoms with Gasteiger partial charge in [-0.15, -0.1) is 0 Å². The Morgan fingerprint density at radius 1 is 1.08 bits per heavy atom. The number of nitrogens with one attached hydrogen (secondary N) is 1. The molecule has 198 valence electrons. The summed E-state index contributed by atoms with van der Waals surface area (Å²) in [6.07, 6.45) is 4.89. The number of aliphatic hydroxyl groups is 2. The summed E-state index contributed by atoms with van der Waals surface area (Å²) in [4.78, 5) is 38.2. The zero-order valence-corrected chi connectivity index (χ0v) is 21.8. The van der Waals surface area contributed by atoms with Crippen LogP contribution in [0.4, 0.5) is 0 Å². The third kappa shape index (κ3) is 7.10. The Bertz CT molecular complexity index is 1020. The summed E-state index contributed by atoms with van der Waals surface area (Å²) < 4.78 is 11.0. The number of carbonyl (C=O) groups excluding carboxylic acids is 3. The van der Waals surface area contributed by atoms with Gasteiger partial charge in [-0.05, 0) is 38.2 Å². The maximum absolute atomic E-state index is 13.1. The molecule has 9 nitrogen and oxygen atoms in total. The Balaban J connectivity index is 2.50. The molecule has 0 aromatic heterocycles. The van der Waals surface area contributed by atoms with E-state index >= 15 is 0 Å². The second kappa shape index (κ2) is 12.9. The Morgan fingerprint density at radius 3 is 2.36 bits per heavy atom. The second-order valence-electron chi connectivity index (χ2n) is 9.56. The van der Waals surface area contributed by atoms with Crippen molar-refractivity contribution in [3.63, 3.8) is 0 Å². The van der Waals surface area contributed by atoms with E-state index in [1.807, 2.05) is 13.8 Å². The van der Waals surface area contributed by atoms with E-state index in [2.05, 4.69) is 5.32 Å². The lowest BCUT2D eigenvalue weighted by Crippen LogP contribution is -2.36. The van der Waals surface area contributed by atoms with Gasteiger partial charge in [0.15, 0.2) is 0 Å². The fourth-order valence-corrected chi connectivity index (χ4v) is 4.34. The minimum absolute atomic E-state index is 0.129.